The molecule has 2 N–H and O–H groups in total. The van der Waals surface area contributed by atoms with Crippen molar-refractivity contribution in [1.82, 2.24) is 19.7 Å². The fraction of sp³-hybridized carbons (Fsp3) is 0.429. The molecule has 0 aliphatic carbocycles. The number of aromatic nitrogens is 3. The van der Waals surface area contributed by atoms with Crippen LogP contribution in [0.25, 0.3) is 0 Å². The van der Waals surface area contributed by atoms with Crippen LogP contribution >= 0.6 is 0 Å². The highest BCUT2D eigenvalue weighted by Crippen LogP contribution is 2.32. The fourth-order valence-electron chi connectivity index (χ4n) is 2.66. The summed E-state index contributed by atoms with van der Waals surface area (Å²) >= 11 is 0. The lowest BCUT2D eigenvalue weighted by atomic mass is 10.0. The second-order valence-electron chi connectivity index (χ2n) is 5.81. The van der Waals surface area contributed by atoms with Crippen molar-refractivity contribution in [2.75, 3.05) is 13.1 Å². The zero-order valence-electron chi connectivity index (χ0n) is 12.5. The first-order valence-corrected chi connectivity index (χ1v) is 8.73. The Kier molecular flexibility index (Phi) is 3.95. The van der Waals surface area contributed by atoms with Crippen molar-refractivity contribution in [3.05, 3.63) is 47.0 Å². The third kappa shape index (κ3) is 3.12. The maximum atomic E-state index is 13.6. The lowest BCUT2D eigenvalue weighted by Crippen LogP contribution is -2.35. The van der Waals surface area contributed by atoms with Gasteiger partial charge in [0, 0.05) is 13.1 Å². The summed E-state index contributed by atoms with van der Waals surface area (Å²) in [5, 5.41) is 20.4. The maximum Gasteiger partial charge on any atom is 0.218 e. The molecule has 0 bridgehead atoms. The Bertz CT molecular complexity index is 809. The molecule has 3 rings (SSSR count). The van der Waals surface area contributed by atoms with Crippen molar-refractivity contribution in [3.8, 4) is 0 Å². The molecule has 9 heteroatoms. The van der Waals surface area contributed by atoms with Gasteiger partial charge < -0.3 is 5.11 Å². The minimum absolute atomic E-state index is 0.0871. The lowest BCUT2D eigenvalue weighted by Gasteiger charge is -2.21. The van der Waals surface area contributed by atoms with Gasteiger partial charge >= 0.3 is 0 Å². The van der Waals surface area contributed by atoms with Crippen molar-refractivity contribution >= 4 is 10.0 Å². The van der Waals surface area contributed by atoms with E-state index in [2.05, 4.69) is 15.4 Å². The summed E-state index contributed by atoms with van der Waals surface area (Å²) in [6.07, 6.45) is 1.62. The Labute approximate surface area is 133 Å². The van der Waals surface area contributed by atoms with Crippen LogP contribution in [-0.4, -0.2) is 46.3 Å². The van der Waals surface area contributed by atoms with E-state index < -0.39 is 21.4 Å². The van der Waals surface area contributed by atoms with Crippen LogP contribution in [0.15, 0.2) is 24.4 Å². The first-order valence-electron chi connectivity index (χ1n) is 7.12. The number of nitrogens with one attached hydrogen (secondary N) is 1. The zero-order valence-corrected chi connectivity index (χ0v) is 13.3. The number of aliphatic hydroxyl groups is 1. The highest BCUT2D eigenvalue weighted by Gasteiger charge is 2.43. The van der Waals surface area contributed by atoms with Gasteiger partial charge in [-0.05, 0) is 30.5 Å². The number of aromatic amines is 1. The number of H-pyrrole nitrogens is 1. The van der Waals surface area contributed by atoms with Crippen molar-refractivity contribution in [2.24, 2.45) is 0 Å². The number of benzene rings is 1. The highest BCUT2D eigenvalue weighted by atomic mass is 32.2. The van der Waals surface area contributed by atoms with Gasteiger partial charge in [0.25, 0.3) is 0 Å². The monoisotopic (exact) mass is 340 g/mol. The van der Waals surface area contributed by atoms with E-state index in [1.54, 1.807) is 19.1 Å². The molecule has 2 heterocycles. The summed E-state index contributed by atoms with van der Waals surface area (Å²) in [4.78, 5) is 0. The summed E-state index contributed by atoms with van der Waals surface area (Å²) in [6.45, 7) is 1.71. The highest BCUT2D eigenvalue weighted by molar-refractivity contribution is 7.88. The third-order valence-corrected chi connectivity index (χ3v) is 5.88. The van der Waals surface area contributed by atoms with Crippen LogP contribution in [0.4, 0.5) is 4.39 Å². The van der Waals surface area contributed by atoms with Crippen LogP contribution in [0.3, 0.4) is 0 Å². The summed E-state index contributed by atoms with van der Waals surface area (Å²) < 4.78 is 39.8. The molecule has 7 nitrogen and oxygen atoms in total. The molecule has 1 aliphatic rings. The van der Waals surface area contributed by atoms with E-state index in [1.807, 2.05) is 0 Å². The molecule has 1 fully saturated rings. The van der Waals surface area contributed by atoms with Gasteiger partial charge in [-0.15, -0.1) is 0 Å². The molecule has 1 saturated heterocycles. The van der Waals surface area contributed by atoms with Gasteiger partial charge in [0.1, 0.15) is 17.1 Å². The average Bonchev–Trinajstić information content (AvgIpc) is 3.13. The van der Waals surface area contributed by atoms with Crippen molar-refractivity contribution in [3.63, 3.8) is 0 Å². The Morgan fingerprint density at radius 2 is 2.26 bits per heavy atom. The Hall–Kier alpha value is -1.84. The largest absolute Gasteiger partial charge is 0.382 e. The topological polar surface area (TPSA) is 99.2 Å². The minimum Gasteiger partial charge on any atom is -0.382 e. The molecule has 1 atom stereocenters. The van der Waals surface area contributed by atoms with Crippen LogP contribution in [0.1, 0.15) is 23.2 Å². The number of hydrogen-bond donors (Lipinski definition) is 2. The molecule has 1 unspecified atom stereocenters. The van der Waals surface area contributed by atoms with Gasteiger partial charge in [0.15, 0.2) is 0 Å². The van der Waals surface area contributed by atoms with E-state index in [4.69, 9.17) is 0 Å². The average molecular weight is 340 g/mol. The van der Waals surface area contributed by atoms with Crippen LogP contribution in [0, 0.1) is 12.7 Å². The van der Waals surface area contributed by atoms with Gasteiger partial charge in [-0.1, -0.05) is 12.1 Å². The first kappa shape index (κ1) is 16.0. The Morgan fingerprint density at radius 1 is 1.48 bits per heavy atom. The Balaban J connectivity index is 1.77. The molecular formula is C14H17FN4O3S. The minimum atomic E-state index is -3.66. The molecular weight excluding hydrogens is 323 g/mol. The van der Waals surface area contributed by atoms with E-state index in [0.29, 0.717) is 16.8 Å². The van der Waals surface area contributed by atoms with Gasteiger partial charge in [0.05, 0.1) is 11.9 Å². The van der Waals surface area contributed by atoms with Crippen molar-refractivity contribution in [1.29, 1.82) is 0 Å². The van der Waals surface area contributed by atoms with Gasteiger partial charge in [-0.3, -0.25) is 0 Å². The predicted octanol–water partition coefficient (Wildman–Crippen LogP) is 0.676. The van der Waals surface area contributed by atoms with E-state index in [9.17, 15) is 17.9 Å². The number of sulfonamides is 1. The Morgan fingerprint density at radius 3 is 2.91 bits per heavy atom. The third-order valence-electron chi connectivity index (χ3n) is 4.08. The number of aryl methyl sites for hydroxylation is 1. The first-order chi connectivity index (χ1) is 10.8. The van der Waals surface area contributed by atoms with E-state index in [1.165, 1.54) is 16.6 Å². The normalized spacial score (nSPS) is 22.6. The molecule has 1 aromatic heterocycles. The fourth-order valence-corrected chi connectivity index (χ4v) is 4.22. The number of halogens is 1. The molecule has 23 heavy (non-hydrogen) atoms. The van der Waals surface area contributed by atoms with E-state index in [-0.39, 0.29) is 25.3 Å². The molecule has 0 radical (unpaired) electrons. The second-order valence-corrected chi connectivity index (χ2v) is 7.78. The number of rotatable bonds is 4. The number of nitrogens with zero attached hydrogens (tertiary/aromatic N) is 3. The summed E-state index contributed by atoms with van der Waals surface area (Å²) in [7, 11) is -3.66. The maximum absolute atomic E-state index is 13.6. The summed E-state index contributed by atoms with van der Waals surface area (Å²) in [5.74, 6) is -0.739. The SMILES string of the molecule is Cc1ccc(CS(=O)(=O)N2CCC(O)(c3cn[nH]n3)C2)cc1F. The lowest BCUT2D eigenvalue weighted by molar-refractivity contribution is 0.0484. The van der Waals surface area contributed by atoms with Crippen LogP contribution in [0.5, 0.6) is 0 Å². The van der Waals surface area contributed by atoms with Crippen molar-refractivity contribution < 1.29 is 17.9 Å². The second kappa shape index (κ2) is 5.66. The van der Waals surface area contributed by atoms with Gasteiger partial charge in [-0.2, -0.15) is 19.7 Å². The van der Waals surface area contributed by atoms with E-state index in [0.717, 1.165) is 0 Å². The van der Waals surface area contributed by atoms with Crippen molar-refractivity contribution in [2.45, 2.75) is 24.7 Å². The van der Waals surface area contributed by atoms with Gasteiger partial charge in [-0.25, -0.2) is 12.8 Å². The molecule has 1 aromatic carbocycles. The molecule has 0 spiro atoms. The molecule has 2 aromatic rings. The summed E-state index contributed by atoms with van der Waals surface area (Å²) in [5.41, 5.74) is -0.187. The number of β-amino-alcohol motifs (C(OH)–C–C–N with tert-alkyl or cyclic N) is 1. The molecule has 0 saturated carbocycles. The molecule has 0 amide bonds. The number of hydrogen-bond acceptors (Lipinski definition) is 5. The van der Waals surface area contributed by atoms with E-state index >= 15 is 0 Å². The smallest absolute Gasteiger partial charge is 0.218 e. The van der Waals surface area contributed by atoms with Crippen LogP contribution in [0.2, 0.25) is 0 Å². The zero-order chi connectivity index (χ0) is 16.7. The van der Waals surface area contributed by atoms with Gasteiger partial charge in [0.2, 0.25) is 10.0 Å². The molecule has 124 valence electrons. The summed E-state index contributed by atoms with van der Waals surface area (Å²) in [6, 6.07) is 4.37. The van der Waals surface area contributed by atoms with Crippen LogP contribution in [-0.2, 0) is 21.4 Å². The van der Waals surface area contributed by atoms with Crippen LogP contribution < -0.4 is 0 Å². The predicted molar refractivity (Wildman–Crippen MR) is 80.2 cm³/mol. The quantitative estimate of drug-likeness (QED) is 0.852. The standard InChI is InChI=1S/C14H17FN4O3S/c1-10-2-3-11(6-12(10)15)8-23(21,22)19-5-4-14(20,9-19)13-7-16-18-17-13/h2-3,6-7,20H,4-5,8-9H2,1H3,(H,16,17,18). The molecule has 1 aliphatic heterocycles.